The Morgan fingerprint density at radius 3 is 2.65 bits per heavy atom. The highest BCUT2D eigenvalue weighted by atomic mass is 19.4. The van der Waals surface area contributed by atoms with Crippen LogP contribution >= 0.6 is 0 Å². The third-order valence-corrected chi connectivity index (χ3v) is 5.10. The lowest BCUT2D eigenvalue weighted by Crippen LogP contribution is -2.43. The van der Waals surface area contributed by atoms with Crippen LogP contribution in [0.15, 0.2) is 36.5 Å². The Morgan fingerprint density at radius 1 is 1.32 bits per heavy atom. The van der Waals surface area contributed by atoms with Gasteiger partial charge in [0, 0.05) is 23.4 Å². The highest BCUT2D eigenvalue weighted by molar-refractivity contribution is 5.97. The van der Waals surface area contributed by atoms with Crippen molar-refractivity contribution < 1.29 is 36.6 Å². The van der Waals surface area contributed by atoms with Gasteiger partial charge < -0.3 is 20.5 Å². The lowest BCUT2D eigenvalue weighted by molar-refractivity contribution is -0.261. The van der Waals surface area contributed by atoms with E-state index in [2.05, 4.69) is 10.3 Å². The van der Waals surface area contributed by atoms with Crippen LogP contribution in [0.3, 0.4) is 0 Å². The van der Waals surface area contributed by atoms with Crippen molar-refractivity contribution in [3.8, 4) is 5.75 Å². The largest absolute Gasteiger partial charge is 0.496 e. The van der Waals surface area contributed by atoms with Gasteiger partial charge in [-0.05, 0) is 37.6 Å². The van der Waals surface area contributed by atoms with Gasteiger partial charge in [0.15, 0.2) is 5.60 Å². The van der Waals surface area contributed by atoms with E-state index < -0.39 is 47.9 Å². The van der Waals surface area contributed by atoms with Gasteiger partial charge in [0.05, 0.1) is 7.11 Å². The Balaban J connectivity index is 2.00. The molecule has 2 heterocycles. The Morgan fingerprint density at radius 2 is 2.03 bits per heavy atom. The fourth-order valence-corrected chi connectivity index (χ4v) is 3.52. The summed E-state index contributed by atoms with van der Waals surface area (Å²) in [5.74, 6) is -3.92. The molecule has 1 aliphatic rings. The van der Waals surface area contributed by atoms with E-state index >= 15 is 0 Å². The molecule has 0 aliphatic carbocycles. The highest BCUT2D eigenvalue weighted by Crippen LogP contribution is 2.51. The van der Waals surface area contributed by atoms with Crippen LogP contribution in [0.1, 0.15) is 35.3 Å². The lowest BCUT2D eigenvalue weighted by atomic mass is 9.85. The van der Waals surface area contributed by atoms with Gasteiger partial charge >= 0.3 is 6.18 Å². The van der Waals surface area contributed by atoms with Crippen LogP contribution in [0.2, 0.25) is 0 Å². The van der Waals surface area contributed by atoms with E-state index in [-0.39, 0.29) is 22.7 Å². The quantitative estimate of drug-likeness (QED) is 0.694. The molecule has 3 atom stereocenters. The predicted molar refractivity (Wildman–Crippen MR) is 101 cm³/mol. The number of amides is 2. The van der Waals surface area contributed by atoms with Gasteiger partial charge in [-0.15, -0.1) is 0 Å². The maximum atomic E-state index is 14.6. The van der Waals surface area contributed by atoms with Crippen molar-refractivity contribution in [2.45, 2.75) is 37.1 Å². The monoisotopic (exact) mass is 441 g/mol. The third kappa shape index (κ3) is 4.31. The van der Waals surface area contributed by atoms with E-state index in [9.17, 15) is 27.2 Å². The Kier molecular flexibility index (Phi) is 5.90. The molecule has 0 bridgehead atoms. The summed E-state index contributed by atoms with van der Waals surface area (Å²) >= 11 is 0. The zero-order valence-corrected chi connectivity index (χ0v) is 16.5. The first-order valence-electron chi connectivity index (χ1n) is 9.10. The summed E-state index contributed by atoms with van der Waals surface area (Å²) in [6.45, 7) is 0.804. The Hall–Kier alpha value is -3.21. The molecule has 1 saturated heterocycles. The number of carbonyl (C=O) groups excluding carboxylic acids is 2. The van der Waals surface area contributed by atoms with Crippen LogP contribution in [-0.4, -0.2) is 41.8 Å². The maximum Gasteiger partial charge on any atom is 0.417 e. The van der Waals surface area contributed by atoms with Crippen molar-refractivity contribution in [2.24, 2.45) is 5.73 Å². The SMILES string of the molecule is COc1cccc(F)c1[C@@H]1C[C@@](C)(C(F)(F)F)O[C@@H]1C(=O)Nc1ccnc(C(N)=O)c1. The molecular formula is C20H19F4N3O4. The number of rotatable bonds is 5. The third-order valence-electron chi connectivity index (χ3n) is 5.10. The minimum absolute atomic E-state index is 0.00208. The summed E-state index contributed by atoms with van der Waals surface area (Å²) in [4.78, 5) is 27.9. The molecule has 2 amide bonds. The van der Waals surface area contributed by atoms with E-state index in [0.717, 1.165) is 19.1 Å². The Labute approximate surface area is 174 Å². The summed E-state index contributed by atoms with van der Waals surface area (Å²) in [6, 6.07) is 6.28. The van der Waals surface area contributed by atoms with Gasteiger partial charge in [-0.3, -0.25) is 14.6 Å². The van der Waals surface area contributed by atoms with Crippen LogP contribution in [0.25, 0.3) is 0 Å². The fraction of sp³-hybridized carbons (Fsp3) is 0.350. The second kappa shape index (κ2) is 8.14. The molecule has 0 radical (unpaired) electrons. The van der Waals surface area contributed by atoms with Gasteiger partial charge in [-0.25, -0.2) is 4.39 Å². The van der Waals surface area contributed by atoms with E-state index in [0.29, 0.717) is 0 Å². The topological polar surface area (TPSA) is 104 Å². The number of aromatic nitrogens is 1. The van der Waals surface area contributed by atoms with Crippen molar-refractivity contribution in [3.05, 3.63) is 53.6 Å². The molecule has 11 heteroatoms. The number of hydrogen-bond donors (Lipinski definition) is 2. The van der Waals surface area contributed by atoms with Crippen molar-refractivity contribution in [2.75, 3.05) is 12.4 Å². The van der Waals surface area contributed by atoms with E-state index in [1.807, 2.05) is 0 Å². The van der Waals surface area contributed by atoms with Crippen LogP contribution in [-0.2, 0) is 9.53 Å². The molecule has 1 aliphatic heterocycles. The summed E-state index contributed by atoms with van der Waals surface area (Å²) < 4.78 is 66.0. The number of halogens is 4. The number of pyridine rings is 1. The summed E-state index contributed by atoms with van der Waals surface area (Å²) in [5.41, 5.74) is 2.18. The number of methoxy groups -OCH3 is 1. The highest BCUT2D eigenvalue weighted by Gasteiger charge is 2.61. The maximum absolute atomic E-state index is 14.6. The molecule has 2 aromatic rings. The number of nitrogens with zero attached hydrogens (tertiary/aromatic N) is 1. The number of anilines is 1. The molecule has 0 spiro atoms. The van der Waals surface area contributed by atoms with Crippen molar-refractivity contribution in [1.29, 1.82) is 0 Å². The van der Waals surface area contributed by atoms with Crippen molar-refractivity contribution in [1.82, 2.24) is 4.98 Å². The molecule has 1 aromatic heterocycles. The summed E-state index contributed by atoms with van der Waals surface area (Å²) in [6.07, 6.45) is -6.01. The molecule has 1 aromatic carbocycles. The molecule has 7 nitrogen and oxygen atoms in total. The van der Waals surface area contributed by atoms with Crippen LogP contribution in [0.5, 0.6) is 5.75 Å². The number of ether oxygens (including phenoxy) is 2. The van der Waals surface area contributed by atoms with E-state index in [1.165, 1.54) is 31.5 Å². The molecule has 31 heavy (non-hydrogen) atoms. The van der Waals surface area contributed by atoms with Crippen LogP contribution in [0, 0.1) is 5.82 Å². The number of nitrogens with two attached hydrogens (primary N) is 1. The first kappa shape index (κ1) is 22.5. The van der Waals surface area contributed by atoms with E-state index in [4.69, 9.17) is 15.2 Å². The van der Waals surface area contributed by atoms with Gasteiger partial charge in [0.25, 0.3) is 11.8 Å². The zero-order chi connectivity index (χ0) is 23.0. The van der Waals surface area contributed by atoms with Crippen molar-refractivity contribution >= 4 is 17.5 Å². The standard InChI is InChI=1S/C20H19F4N3O4/c1-19(20(22,23)24)9-11(15-12(21)4-3-5-14(15)30-2)16(31-19)18(29)27-10-6-7-26-13(8-10)17(25)28/h3-8,11,16H,9H2,1-2H3,(H2,25,28)(H,26,27,29)/t11-,16-,19-/m0/s1. The smallest absolute Gasteiger partial charge is 0.417 e. The number of hydrogen-bond acceptors (Lipinski definition) is 5. The number of nitrogens with one attached hydrogen (secondary N) is 1. The van der Waals surface area contributed by atoms with E-state index in [1.54, 1.807) is 0 Å². The number of benzene rings is 1. The van der Waals surface area contributed by atoms with Gasteiger partial charge in [-0.2, -0.15) is 13.2 Å². The number of primary amides is 1. The predicted octanol–water partition coefficient (Wildman–Crippen LogP) is 3.16. The average molecular weight is 441 g/mol. The summed E-state index contributed by atoms with van der Waals surface area (Å²) in [7, 11) is 1.24. The van der Waals surface area contributed by atoms with Gasteiger partial charge in [-0.1, -0.05) is 6.07 Å². The average Bonchev–Trinajstić information content (AvgIpc) is 3.06. The molecule has 166 valence electrons. The molecule has 3 rings (SSSR count). The molecule has 0 saturated carbocycles. The second-order valence-corrected chi connectivity index (χ2v) is 7.22. The second-order valence-electron chi connectivity index (χ2n) is 7.22. The zero-order valence-electron chi connectivity index (χ0n) is 16.5. The number of alkyl halides is 3. The minimum atomic E-state index is -4.81. The molecule has 3 N–H and O–H groups in total. The molecular weight excluding hydrogens is 422 g/mol. The minimum Gasteiger partial charge on any atom is -0.496 e. The normalized spacial score (nSPS) is 23.4. The fourth-order valence-electron chi connectivity index (χ4n) is 3.52. The lowest BCUT2D eigenvalue weighted by Gasteiger charge is -2.27. The number of carbonyl (C=O) groups is 2. The first-order valence-corrected chi connectivity index (χ1v) is 9.10. The summed E-state index contributed by atoms with van der Waals surface area (Å²) in [5, 5.41) is 2.38. The first-order chi connectivity index (χ1) is 14.5. The Bertz CT molecular complexity index is 1010. The van der Waals surface area contributed by atoms with Gasteiger partial charge in [0.1, 0.15) is 23.4 Å². The van der Waals surface area contributed by atoms with Gasteiger partial charge in [0.2, 0.25) is 0 Å². The molecule has 1 fully saturated rings. The molecule has 0 unspecified atom stereocenters. The van der Waals surface area contributed by atoms with Crippen LogP contribution in [0.4, 0.5) is 23.2 Å². The van der Waals surface area contributed by atoms with Crippen molar-refractivity contribution in [3.63, 3.8) is 0 Å². The van der Waals surface area contributed by atoms with Crippen LogP contribution < -0.4 is 15.8 Å².